The molecule has 0 amide bonds. The third-order valence-electron chi connectivity index (χ3n) is 6.45. The van der Waals surface area contributed by atoms with E-state index in [0.29, 0.717) is 11.8 Å². The summed E-state index contributed by atoms with van der Waals surface area (Å²) in [6, 6.07) is 15.1. The van der Waals surface area contributed by atoms with E-state index < -0.39 is 0 Å². The van der Waals surface area contributed by atoms with Crippen molar-refractivity contribution in [2.75, 3.05) is 0 Å². The van der Waals surface area contributed by atoms with Crippen LogP contribution in [-0.4, -0.2) is 4.21 Å². The van der Waals surface area contributed by atoms with Crippen molar-refractivity contribution in [2.24, 2.45) is 11.8 Å². The van der Waals surface area contributed by atoms with Gasteiger partial charge < -0.3 is 24.8 Å². The summed E-state index contributed by atoms with van der Waals surface area (Å²) in [6.07, 6.45) is 6.71. The first-order valence-electron chi connectivity index (χ1n) is 12.1. The summed E-state index contributed by atoms with van der Waals surface area (Å²) in [6.45, 7) is 22.4. The van der Waals surface area contributed by atoms with Crippen LogP contribution in [-0.2, 0) is 41.5 Å². The van der Waals surface area contributed by atoms with E-state index in [4.69, 9.17) is 0 Å². The predicted octanol–water partition coefficient (Wildman–Crippen LogP) is 2.59. The number of hydrogen-bond donors (Lipinski definition) is 0. The SMILES string of the molecule is CC(C)(C)c1c[c-]c2c(c1)-c1cc(C(C)(C)C)ccc1C2.CC1=[C-]C(C)C=C1C(C)C.[CH2]=[Zr+2].[Cl-].[Cl-]. The van der Waals surface area contributed by atoms with Gasteiger partial charge in [0.25, 0.3) is 0 Å². The molecule has 0 aliphatic heterocycles. The molecule has 0 saturated heterocycles. The molecule has 4 rings (SSSR count). The molecule has 0 heterocycles. The van der Waals surface area contributed by atoms with E-state index in [0.717, 1.165) is 6.42 Å². The summed E-state index contributed by atoms with van der Waals surface area (Å²) in [5.41, 5.74) is 11.6. The molecule has 0 bridgehead atoms. The zero-order valence-corrected chi connectivity index (χ0v) is 27.3. The van der Waals surface area contributed by atoms with Crippen molar-refractivity contribution in [1.29, 1.82) is 0 Å². The van der Waals surface area contributed by atoms with E-state index in [2.05, 4.69) is 122 Å². The second-order valence-corrected chi connectivity index (χ2v) is 11.7. The van der Waals surface area contributed by atoms with Crippen LogP contribution in [0.2, 0.25) is 0 Å². The monoisotopic (exact) mass is 586 g/mol. The molecule has 1 unspecified atom stereocenters. The average Bonchev–Trinajstić information content (AvgIpc) is 3.26. The van der Waals surface area contributed by atoms with E-state index in [1.807, 2.05) is 0 Å². The van der Waals surface area contributed by atoms with Gasteiger partial charge in [-0.2, -0.15) is 41.0 Å². The van der Waals surface area contributed by atoms with Crippen LogP contribution in [0.15, 0.2) is 47.6 Å². The maximum atomic E-state index is 3.53. The molecule has 2 aliphatic carbocycles. The zero-order chi connectivity index (χ0) is 25.1. The smallest absolute Gasteiger partial charge is 1.00 e. The third-order valence-corrected chi connectivity index (χ3v) is 6.45. The van der Waals surface area contributed by atoms with Crippen LogP contribution in [0.4, 0.5) is 0 Å². The maximum absolute atomic E-state index is 3.53. The van der Waals surface area contributed by atoms with Gasteiger partial charge in [-0.3, -0.25) is 6.08 Å². The van der Waals surface area contributed by atoms with Crippen LogP contribution in [0.1, 0.15) is 91.5 Å². The van der Waals surface area contributed by atoms with Crippen LogP contribution < -0.4 is 24.8 Å². The molecule has 0 fully saturated rings. The van der Waals surface area contributed by atoms with Crippen molar-refractivity contribution in [1.82, 2.24) is 0 Å². The molecule has 2 aromatic carbocycles. The largest absolute Gasteiger partial charge is 1.00 e. The van der Waals surface area contributed by atoms with E-state index in [-0.39, 0.29) is 35.6 Å². The molecule has 0 N–H and O–H groups in total. The van der Waals surface area contributed by atoms with Crippen molar-refractivity contribution in [2.45, 2.75) is 86.5 Å². The first kappa shape index (κ1) is 34.3. The molecule has 2 aliphatic rings. The topological polar surface area (TPSA) is 0 Å². The molecule has 2 aromatic rings. The number of rotatable bonds is 1. The Morgan fingerprint density at radius 2 is 1.46 bits per heavy atom. The normalized spacial score (nSPS) is 15.7. The molecule has 0 spiro atoms. The second-order valence-electron chi connectivity index (χ2n) is 11.7. The standard InChI is InChI=1S/C21H25.C10H15.CH2.2ClH.Zr/c1-20(2,3)16-9-7-14-11-15-8-10-17(21(4,5)6)13-19(15)18(14)12-16;1-7(2)10-6-8(3)5-9(10)4;;;;/h7,9-10,12-13H,11H2,1-6H3;6-8H,1-4H3;1H2;2*1H;/q2*-1;;;;+2/p-2. The molecule has 35 heavy (non-hydrogen) atoms. The first-order valence-corrected chi connectivity index (χ1v) is 13.9. The van der Waals surface area contributed by atoms with Gasteiger partial charge in [0, 0.05) is 0 Å². The summed E-state index contributed by atoms with van der Waals surface area (Å²) in [5.74, 6) is 1.20. The third kappa shape index (κ3) is 8.66. The molecule has 0 aromatic heterocycles. The Kier molecular flexibility index (Phi) is 13.4. The number of hydrogen-bond acceptors (Lipinski definition) is 0. The van der Waals surface area contributed by atoms with Gasteiger partial charge in [0.2, 0.25) is 0 Å². The minimum absolute atomic E-state index is 0. The van der Waals surface area contributed by atoms with Crippen LogP contribution in [0, 0.1) is 24.0 Å². The first-order chi connectivity index (χ1) is 15.3. The molecule has 1 atom stereocenters. The molecular weight excluding hydrogens is 546 g/mol. The summed E-state index contributed by atoms with van der Waals surface area (Å²) < 4.78 is 3.34. The molecule has 3 heteroatoms. The summed E-state index contributed by atoms with van der Waals surface area (Å²) in [4.78, 5) is 0. The van der Waals surface area contributed by atoms with Crippen molar-refractivity contribution in [3.63, 3.8) is 0 Å². The minimum Gasteiger partial charge on any atom is -1.00 e. The fraction of sp³-hybridized carbons (Fsp3) is 0.469. The van der Waals surface area contributed by atoms with Crippen LogP contribution in [0.5, 0.6) is 0 Å². The van der Waals surface area contributed by atoms with Crippen LogP contribution in [0.25, 0.3) is 11.1 Å². The van der Waals surface area contributed by atoms with Gasteiger partial charge in [-0.25, -0.2) is 5.57 Å². The van der Waals surface area contributed by atoms with Crippen molar-refractivity contribution >= 4 is 4.21 Å². The van der Waals surface area contributed by atoms with E-state index in [1.165, 1.54) is 68.8 Å². The van der Waals surface area contributed by atoms with E-state index >= 15 is 0 Å². The fourth-order valence-electron chi connectivity index (χ4n) is 4.47. The number of fused-ring (bicyclic) bond motifs is 3. The average molecular weight is 589 g/mol. The van der Waals surface area contributed by atoms with Gasteiger partial charge >= 0.3 is 28.4 Å². The van der Waals surface area contributed by atoms with Gasteiger partial charge in [0.15, 0.2) is 0 Å². The molecule has 0 radical (unpaired) electrons. The van der Waals surface area contributed by atoms with Crippen LogP contribution in [0.3, 0.4) is 0 Å². The Morgan fingerprint density at radius 1 is 0.914 bits per heavy atom. The van der Waals surface area contributed by atoms with Crippen LogP contribution >= 0.6 is 0 Å². The van der Waals surface area contributed by atoms with Crippen molar-refractivity contribution in [3.8, 4) is 11.1 Å². The second kappa shape index (κ2) is 13.7. The van der Waals surface area contributed by atoms with Gasteiger partial charge in [0.05, 0.1) is 0 Å². The molecule has 0 nitrogen and oxygen atoms in total. The van der Waals surface area contributed by atoms with Gasteiger partial charge in [-0.15, -0.1) is 5.56 Å². The Bertz CT molecular complexity index is 985. The Labute approximate surface area is 243 Å². The molecular formula is C32H42Cl2Zr-2. The number of benzene rings is 2. The summed E-state index contributed by atoms with van der Waals surface area (Å²) in [5, 5.41) is 0. The Morgan fingerprint density at radius 3 is 1.89 bits per heavy atom. The molecule has 190 valence electrons. The summed E-state index contributed by atoms with van der Waals surface area (Å²) in [7, 11) is 0. The zero-order valence-electron chi connectivity index (χ0n) is 23.3. The van der Waals surface area contributed by atoms with Gasteiger partial charge in [-0.05, 0) is 17.4 Å². The quantitative estimate of drug-likeness (QED) is 0.384. The van der Waals surface area contributed by atoms with Crippen molar-refractivity contribution in [3.05, 3.63) is 82.0 Å². The minimum atomic E-state index is 0. The summed E-state index contributed by atoms with van der Waals surface area (Å²) >= 11 is 1.30. The molecule has 0 saturated carbocycles. The maximum Gasteiger partial charge on any atom is -1.00 e. The van der Waals surface area contributed by atoms with Gasteiger partial charge in [-0.1, -0.05) is 116 Å². The van der Waals surface area contributed by atoms with Crippen molar-refractivity contribution < 1.29 is 49.0 Å². The fourth-order valence-corrected chi connectivity index (χ4v) is 4.47. The predicted molar refractivity (Wildman–Crippen MR) is 143 cm³/mol. The Balaban J connectivity index is 0.000000705. The van der Waals surface area contributed by atoms with E-state index in [1.54, 1.807) is 0 Å². The number of halogens is 2. The number of allylic oxidation sites excluding steroid dienone is 4. The Hall–Kier alpha value is -0.747. The van der Waals surface area contributed by atoms with Gasteiger partial charge in [0.1, 0.15) is 0 Å². The van der Waals surface area contributed by atoms with E-state index in [9.17, 15) is 0 Å².